The number of nitrogens with one attached hydrogen (secondary N) is 1. The molecule has 0 aliphatic rings. The van der Waals surface area contributed by atoms with Crippen molar-refractivity contribution in [1.82, 2.24) is 15.0 Å². The number of nitrogens with two attached hydrogens (primary N) is 1. The van der Waals surface area contributed by atoms with Crippen molar-refractivity contribution in [3.05, 3.63) is 34.7 Å². The Kier molecular flexibility index (Phi) is 8.89. The van der Waals surface area contributed by atoms with Gasteiger partial charge in [-0.2, -0.15) is 20.7 Å². The van der Waals surface area contributed by atoms with Gasteiger partial charge in [-0.1, -0.05) is 0 Å². The lowest BCUT2D eigenvalue weighted by Gasteiger charge is -1.95. The molecule has 3 heterocycles. The molecule has 12 heteroatoms. The van der Waals surface area contributed by atoms with Crippen LogP contribution in [0.3, 0.4) is 0 Å². The van der Waals surface area contributed by atoms with Crippen LogP contribution >= 0.6 is 34.0 Å². The second-order valence-electron chi connectivity index (χ2n) is 3.29. The monoisotopic (exact) mass is 375 g/mol. The molecular formula is C12H9N9S3. The van der Waals surface area contributed by atoms with Gasteiger partial charge in [-0.05, 0) is 0 Å². The molecule has 9 nitrogen and oxygen atoms in total. The van der Waals surface area contributed by atoms with E-state index in [1.807, 2.05) is 5.38 Å². The highest BCUT2D eigenvalue weighted by Gasteiger charge is 2.04. The average Bonchev–Trinajstić information content (AvgIpc) is 3.33. The highest BCUT2D eigenvalue weighted by molar-refractivity contribution is 7.14. The Balaban J connectivity index is 0.000000186. The van der Waals surface area contributed by atoms with Crippen molar-refractivity contribution >= 4 is 49.4 Å². The SMILES string of the molecule is N#CN(C#N)c1nccs1.N#CNc1nccs1.Nc1nccs1. The summed E-state index contributed by atoms with van der Waals surface area (Å²) in [4.78, 5) is 12.1. The summed E-state index contributed by atoms with van der Waals surface area (Å²) >= 11 is 4.10. The summed E-state index contributed by atoms with van der Waals surface area (Å²) in [5, 5.41) is 34.1. The maximum absolute atomic E-state index is 8.32. The number of rotatable bonds is 2. The van der Waals surface area contributed by atoms with Gasteiger partial charge in [0.2, 0.25) is 17.5 Å². The Morgan fingerprint density at radius 3 is 1.92 bits per heavy atom. The van der Waals surface area contributed by atoms with Gasteiger partial charge in [-0.25, -0.2) is 15.0 Å². The first-order valence-corrected chi connectivity index (χ1v) is 8.53. The number of nitrogens with zero attached hydrogens (tertiary/aromatic N) is 7. The van der Waals surface area contributed by atoms with E-state index >= 15 is 0 Å². The van der Waals surface area contributed by atoms with Crippen LogP contribution in [0.2, 0.25) is 0 Å². The molecular weight excluding hydrogens is 366 g/mol. The van der Waals surface area contributed by atoms with Crippen LogP contribution in [-0.4, -0.2) is 15.0 Å². The van der Waals surface area contributed by atoms with Gasteiger partial charge in [0.15, 0.2) is 16.5 Å². The summed E-state index contributed by atoms with van der Waals surface area (Å²) in [5.74, 6) is 0. The van der Waals surface area contributed by atoms with Crippen molar-refractivity contribution in [2.24, 2.45) is 0 Å². The molecule has 0 fully saturated rings. The lowest BCUT2D eigenvalue weighted by atomic mass is 10.9. The van der Waals surface area contributed by atoms with Crippen LogP contribution in [0.25, 0.3) is 0 Å². The maximum Gasteiger partial charge on any atom is 0.212 e. The van der Waals surface area contributed by atoms with Gasteiger partial charge >= 0.3 is 0 Å². The Hall–Kier alpha value is -3.24. The Labute approximate surface area is 149 Å². The number of hydrogen-bond donors (Lipinski definition) is 2. The van der Waals surface area contributed by atoms with Crippen LogP contribution in [0.4, 0.5) is 15.4 Å². The van der Waals surface area contributed by atoms with E-state index in [4.69, 9.17) is 21.5 Å². The molecule has 0 spiro atoms. The zero-order chi connectivity index (χ0) is 17.6. The largest absolute Gasteiger partial charge is 0.375 e. The Morgan fingerprint density at radius 2 is 1.54 bits per heavy atom. The number of hydrogen-bond acceptors (Lipinski definition) is 12. The lowest BCUT2D eigenvalue weighted by Crippen LogP contribution is -2.05. The van der Waals surface area contributed by atoms with Gasteiger partial charge in [0, 0.05) is 34.7 Å². The molecule has 0 unspecified atom stereocenters. The second kappa shape index (κ2) is 11.3. The van der Waals surface area contributed by atoms with E-state index in [0.717, 1.165) is 4.90 Å². The third kappa shape index (κ3) is 7.15. The van der Waals surface area contributed by atoms with E-state index in [0.29, 0.717) is 15.4 Å². The quantitative estimate of drug-likeness (QED) is 0.508. The lowest BCUT2D eigenvalue weighted by molar-refractivity contribution is 1.22. The predicted molar refractivity (Wildman–Crippen MR) is 93.7 cm³/mol. The van der Waals surface area contributed by atoms with E-state index in [9.17, 15) is 0 Å². The fraction of sp³-hybridized carbons (Fsp3) is 0. The molecule has 0 aliphatic carbocycles. The fourth-order valence-corrected chi connectivity index (χ4v) is 2.41. The summed E-state index contributed by atoms with van der Waals surface area (Å²) < 4.78 is 0. The second-order valence-corrected chi connectivity index (χ2v) is 5.99. The fourth-order valence-electron chi connectivity index (χ4n) is 1.00. The van der Waals surface area contributed by atoms with Crippen LogP contribution in [0, 0.1) is 34.4 Å². The van der Waals surface area contributed by atoms with Gasteiger partial charge in [-0.15, -0.1) is 34.0 Å². The Morgan fingerprint density at radius 1 is 0.917 bits per heavy atom. The third-order valence-electron chi connectivity index (χ3n) is 1.86. The van der Waals surface area contributed by atoms with Crippen LogP contribution in [0.5, 0.6) is 0 Å². The topological polar surface area (TPSA) is 151 Å². The minimum Gasteiger partial charge on any atom is -0.375 e. The minimum absolute atomic E-state index is 0.407. The normalized spacial score (nSPS) is 8.04. The summed E-state index contributed by atoms with van der Waals surface area (Å²) in [6.45, 7) is 0. The van der Waals surface area contributed by atoms with Crippen molar-refractivity contribution in [1.29, 1.82) is 15.8 Å². The molecule has 0 radical (unpaired) electrons. The number of aromatic nitrogens is 3. The van der Waals surface area contributed by atoms with Crippen LogP contribution in [-0.2, 0) is 0 Å². The smallest absolute Gasteiger partial charge is 0.212 e. The summed E-state index contributed by atoms with van der Waals surface area (Å²) in [6.07, 6.45) is 9.98. The molecule has 0 amide bonds. The zero-order valence-corrected chi connectivity index (χ0v) is 14.3. The van der Waals surface area contributed by atoms with Crippen molar-refractivity contribution in [3.63, 3.8) is 0 Å². The molecule has 3 rings (SSSR count). The Bertz CT molecular complexity index is 778. The summed E-state index contributed by atoms with van der Waals surface area (Å²) in [6, 6.07) is 0. The number of thiazole rings is 3. The van der Waals surface area contributed by atoms with Gasteiger partial charge in [0.1, 0.15) is 0 Å². The maximum atomic E-state index is 8.32. The van der Waals surface area contributed by atoms with Crippen LogP contribution in [0.1, 0.15) is 0 Å². The standard InChI is InChI=1S/C5H2N4S.C4H3N3S.C3H4N2S/c6-3-9(4-7)5-8-1-2-10-5;5-3-7-4-6-1-2-8-4;4-3-5-1-2-6-3/h1-2H;1-2H,(H,6,7);1-2H,(H2,4,5). The molecule has 3 N–H and O–H groups in total. The minimum atomic E-state index is 0.407. The molecule has 24 heavy (non-hydrogen) atoms. The first kappa shape index (κ1) is 18.8. The van der Waals surface area contributed by atoms with Crippen molar-refractivity contribution in [3.8, 4) is 18.6 Å². The van der Waals surface area contributed by atoms with Gasteiger partial charge in [-0.3, -0.25) is 5.32 Å². The number of nitriles is 3. The zero-order valence-electron chi connectivity index (χ0n) is 11.9. The predicted octanol–water partition coefficient (Wildman–Crippen LogP) is 2.67. The number of nitrogen functional groups attached to an aromatic ring is 1. The molecule has 0 atom stereocenters. The molecule has 0 saturated heterocycles. The summed E-state index contributed by atoms with van der Waals surface area (Å²) in [7, 11) is 0. The number of anilines is 3. The van der Waals surface area contributed by atoms with Crippen LogP contribution in [0.15, 0.2) is 34.7 Å². The van der Waals surface area contributed by atoms with Crippen LogP contribution < -0.4 is 16.0 Å². The molecule has 3 aromatic rings. The van der Waals surface area contributed by atoms with Crippen molar-refractivity contribution < 1.29 is 0 Å². The molecule has 0 saturated carbocycles. The van der Waals surface area contributed by atoms with Gasteiger partial charge < -0.3 is 5.73 Å². The molecule has 120 valence electrons. The van der Waals surface area contributed by atoms with Gasteiger partial charge in [0.05, 0.1) is 0 Å². The molecule has 0 aliphatic heterocycles. The van der Waals surface area contributed by atoms with E-state index in [-0.39, 0.29) is 0 Å². The molecule has 0 aromatic carbocycles. The highest BCUT2D eigenvalue weighted by Crippen LogP contribution is 2.14. The van der Waals surface area contributed by atoms with Crippen molar-refractivity contribution in [2.45, 2.75) is 0 Å². The van der Waals surface area contributed by atoms with E-state index < -0.39 is 0 Å². The molecule has 3 aromatic heterocycles. The average molecular weight is 375 g/mol. The molecule has 0 bridgehead atoms. The highest BCUT2D eigenvalue weighted by atomic mass is 32.1. The first-order valence-electron chi connectivity index (χ1n) is 5.90. The van der Waals surface area contributed by atoms with E-state index in [1.54, 1.807) is 47.9 Å². The van der Waals surface area contributed by atoms with E-state index in [1.165, 1.54) is 34.0 Å². The van der Waals surface area contributed by atoms with Crippen molar-refractivity contribution in [2.75, 3.05) is 16.0 Å². The third-order valence-corrected chi connectivity index (χ3v) is 3.91. The van der Waals surface area contributed by atoms with E-state index in [2.05, 4.69) is 20.3 Å². The van der Waals surface area contributed by atoms with Gasteiger partial charge in [0.25, 0.3) is 0 Å². The first-order chi connectivity index (χ1) is 11.7. The summed E-state index contributed by atoms with van der Waals surface area (Å²) in [5.41, 5.74) is 5.19.